The van der Waals surface area contributed by atoms with Gasteiger partial charge in [-0.3, -0.25) is 0 Å². The van der Waals surface area contributed by atoms with E-state index in [1.807, 2.05) is 6.07 Å². The molecule has 2 fully saturated rings. The molecule has 1 aliphatic heterocycles. The van der Waals surface area contributed by atoms with E-state index in [4.69, 9.17) is 5.10 Å². The Morgan fingerprint density at radius 3 is 2.61 bits per heavy atom. The lowest BCUT2D eigenvalue weighted by atomic mass is 9.69. The maximum atomic E-state index is 13.1. The number of amides is 2. The Bertz CT molecular complexity index is 756. The van der Waals surface area contributed by atoms with Crippen molar-refractivity contribution in [2.24, 2.45) is 21.8 Å². The van der Waals surface area contributed by atoms with Crippen molar-refractivity contribution in [3.05, 3.63) is 35.9 Å². The highest BCUT2D eigenvalue weighted by molar-refractivity contribution is 5.94. The van der Waals surface area contributed by atoms with Crippen LogP contribution in [0.2, 0.25) is 0 Å². The lowest BCUT2D eigenvalue weighted by Gasteiger charge is -2.39. The summed E-state index contributed by atoms with van der Waals surface area (Å²) < 4.78 is 0. The number of hydrogen-bond donors (Lipinski definition) is 1. The predicted octanol–water partition coefficient (Wildman–Crippen LogP) is 5.56. The van der Waals surface area contributed by atoms with Crippen LogP contribution in [0.4, 0.5) is 4.79 Å². The fraction of sp³-hybridized carbons (Fsp3) is 0.667. The normalized spacial score (nSPS) is 33.2. The molecule has 2 amide bonds. The number of carbonyl (C=O) groups excluding carboxylic acids is 1. The van der Waals surface area contributed by atoms with Gasteiger partial charge in [0.1, 0.15) is 0 Å². The van der Waals surface area contributed by atoms with Crippen molar-refractivity contribution in [3.63, 3.8) is 0 Å². The minimum Gasteiger partial charge on any atom is -0.333 e. The maximum Gasteiger partial charge on any atom is 0.338 e. The minimum absolute atomic E-state index is 0.0120. The topological polar surface area (TPSA) is 44.7 Å². The largest absolute Gasteiger partial charge is 0.338 e. The molecule has 4 atom stereocenters. The van der Waals surface area contributed by atoms with Crippen LogP contribution in [0.3, 0.4) is 0 Å². The van der Waals surface area contributed by atoms with E-state index in [0.29, 0.717) is 12.0 Å². The quantitative estimate of drug-likeness (QED) is 0.713. The predicted molar refractivity (Wildman–Crippen MR) is 114 cm³/mol. The highest BCUT2D eigenvalue weighted by atomic mass is 16.2. The van der Waals surface area contributed by atoms with Crippen molar-refractivity contribution in [1.82, 2.24) is 10.3 Å². The smallest absolute Gasteiger partial charge is 0.333 e. The van der Waals surface area contributed by atoms with Gasteiger partial charge in [0.05, 0.1) is 6.54 Å². The van der Waals surface area contributed by atoms with E-state index in [-0.39, 0.29) is 23.4 Å². The summed E-state index contributed by atoms with van der Waals surface area (Å²) in [5.74, 6) is 0.951. The molecule has 1 unspecified atom stereocenters. The number of urea groups is 1. The Kier molecular flexibility index (Phi) is 5.01. The molecule has 4 heteroatoms. The van der Waals surface area contributed by atoms with E-state index in [9.17, 15) is 4.79 Å². The number of nitrogens with one attached hydrogen (secondary N) is 1. The number of fused-ring (bicyclic) bond motifs is 2. The monoisotopic (exact) mass is 381 g/mol. The first kappa shape index (κ1) is 19.5. The maximum absolute atomic E-state index is 13.1. The van der Waals surface area contributed by atoms with Crippen molar-refractivity contribution in [2.75, 3.05) is 6.54 Å². The van der Waals surface area contributed by atoms with Gasteiger partial charge in [-0.1, -0.05) is 64.4 Å². The van der Waals surface area contributed by atoms with E-state index < -0.39 is 0 Å². The molecule has 1 heterocycles. The van der Waals surface area contributed by atoms with Crippen LogP contribution in [-0.2, 0) is 0 Å². The number of hydrazone groups is 1. The molecule has 0 radical (unpaired) electrons. The molecule has 1 aromatic carbocycles. The standard InChI is InChI=1S/C24H35N3O/c1-5-6-12-20-19(17-10-8-7-9-11-17)16-27(26-20)22(28)25-21-15-18-13-14-24(21,4)23(18,2)3/h7-11,18-19,21H,5-6,12-16H2,1-4H3,(H,25,28)/t18-,19?,21-,24-/m0/s1. The first-order valence-electron chi connectivity index (χ1n) is 11.1. The van der Waals surface area contributed by atoms with Crippen LogP contribution in [-0.4, -0.2) is 29.3 Å². The molecule has 2 aliphatic carbocycles. The van der Waals surface area contributed by atoms with Gasteiger partial charge in [0, 0.05) is 17.7 Å². The first-order chi connectivity index (χ1) is 13.4. The molecule has 1 N–H and O–H groups in total. The summed E-state index contributed by atoms with van der Waals surface area (Å²) in [4.78, 5) is 13.1. The van der Waals surface area contributed by atoms with Crippen molar-refractivity contribution in [2.45, 2.75) is 78.2 Å². The van der Waals surface area contributed by atoms with E-state index in [2.05, 4.69) is 57.3 Å². The Balaban J connectivity index is 1.48. The summed E-state index contributed by atoms with van der Waals surface area (Å²) in [5, 5.41) is 9.86. The van der Waals surface area contributed by atoms with Crippen LogP contribution >= 0.6 is 0 Å². The summed E-state index contributed by atoms with van der Waals surface area (Å²) in [5.41, 5.74) is 2.92. The van der Waals surface area contributed by atoms with Gasteiger partial charge in [-0.25, -0.2) is 9.80 Å². The van der Waals surface area contributed by atoms with Crippen LogP contribution < -0.4 is 5.32 Å². The van der Waals surface area contributed by atoms with E-state index >= 15 is 0 Å². The van der Waals surface area contributed by atoms with Gasteiger partial charge in [-0.2, -0.15) is 5.10 Å². The Hall–Kier alpha value is -1.84. The van der Waals surface area contributed by atoms with Crippen molar-refractivity contribution >= 4 is 11.7 Å². The zero-order chi connectivity index (χ0) is 19.9. The molecular formula is C24H35N3O. The molecule has 4 rings (SSSR count). The fourth-order valence-corrected chi connectivity index (χ4v) is 5.88. The van der Waals surface area contributed by atoms with Crippen molar-refractivity contribution in [3.8, 4) is 0 Å². The summed E-state index contributed by atoms with van der Waals surface area (Å²) in [6.07, 6.45) is 6.85. The lowest BCUT2D eigenvalue weighted by Crippen LogP contribution is -2.50. The first-order valence-corrected chi connectivity index (χ1v) is 11.1. The number of nitrogens with zero attached hydrogens (tertiary/aromatic N) is 2. The van der Waals surface area contributed by atoms with Crippen LogP contribution in [0.1, 0.15) is 77.7 Å². The van der Waals surface area contributed by atoms with Crippen LogP contribution in [0.5, 0.6) is 0 Å². The third kappa shape index (κ3) is 3.05. The number of rotatable bonds is 5. The average molecular weight is 382 g/mol. The van der Waals surface area contributed by atoms with Gasteiger partial charge in [-0.05, 0) is 54.4 Å². The van der Waals surface area contributed by atoms with Gasteiger partial charge in [0.15, 0.2) is 0 Å². The molecule has 2 bridgehead atoms. The van der Waals surface area contributed by atoms with E-state index in [1.54, 1.807) is 5.01 Å². The number of benzene rings is 1. The lowest BCUT2D eigenvalue weighted by molar-refractivity contribution is 0.118. The minimum atomic E-state index is -0.0120. The van der Waals surface area contributed by atoms with Gasteiger partial charge in [0.2, 0.25) is 0 Å². The van der Waals surface area contributed by atoms with Gasteiger partial charge in [0.25, 0.3) is 0 Å². The SMILES string of the molecule is CCCCC1=NN(C(=O)N[C@H]2C[C@@H]3CC[C@]2(C)C3(C)C)CC1c1ccccc1. The fourth-order valence-electron chi connectivity index (χ4n) is 5.88. The third-order valence-corrected chi connectivity index (χ3v) is 8.32. The molecule has 28 heavy (non-hydrogen) atoms. The number of unbranched alkanes of at least 4 members (excludes halogenated alkanes) is 1. The molecule has 0 saturated heterocycles. The number of hydrogen-bond acceptors (Lipinski definition) is 2. The van der Waals surface area contributed by atoms with Gasteiger partial charge >= 0.3 is 6.03 Å². The van der Waals surface area contributed by atoms with Crippen LogP contribution in [0.25, 0.3) is 0 Å². The van der Waals surface area contributed by atoms with Crippen LogP contribution in [0.15, 0.2) is 35.4 Å². The molecule has 2 saturated carbocycles. The molecule has 0 aromatic heterocycles. The number of carbonyl (C=O) groups is 1. The van der Waals surface area contributed by atoms with E-state index in [1.165, 1.54) is 18.4 Å². The summed E-state index contributed by atoms with van der Waals surface area (Å²) in [6, 6.07) is 10.8. The van der Waals surface area contributed by atoms with Gasteiger partial charge in [-0.15, -0.1) is 0 Å². The van der Waals surface area contributed by atoms with E-state index in [0.717, 1.165) is 37.3 Å². The van der Waals surface area contributed by atoms with Gasteiger partial charge < -0.3 is 5.32 Å². The highest BCUT2D eigenvalue weighted by Gasteiger charge is 2.61. The second-order valence-corrected chi connectivity index (χ2v) is 9.85. The Morgan fingerprint density at radius 2 is 2.00 bits per heavy atom. The zero-order valence-corrected chi connectivity index (χ0v) is 17.9. The summed E-state index contributed by atoms with van der Waals surface area (Å²) in [7, 11) is 0. The highest BCUT2D eigenvalue weighted by Crippen LogP contribution is 2.65. The molecule has 3 aliphatic rings. The molecule has 4 nitrogen and oxygen atoms in total. The molecular weight excluding hydrogens is 346 g/mol. The average Bonchev–Trinajstić information content (AvgIpc) is 3.27. The van der Waals surface area contributed by atoms with Crippen molar-refractivity contribution in [1.29, 1.82) is 0 Å². The van der Waals surface area contributed by atoms with Crippen LogP contribution in [0, 0.1) is 16.7 Å². The summed E-state index contributed by atoms with van der Waals surface area (Å²) >= 11 is 0. The molecule has 0 spiro atoms. The second-order valence-electron chi connectivity index (χ2n) is 9.85. The Morgan fingerprint density at radius 1 is 1.25 bits per heavy atom. The molecule has 1 aromatic rings. The molecule has 152 valence electrons. The second kappa shape index (κ2) is 7.20. The summed E-state index contributed by atoms with van der Waals surface area (Å²) in [6.45, 7) is 10.0. The Labute approximate surface area is 169 Å². The van der Waals surface area contributed by atoms with Crippen molar-refractivity contribution < 1.29 is 4.79 Å². The third-order valence-electron chi connectivity index (χ3n) is 8.32. The zero-order valence-electron chi connectivity index (χ0n) is 17.9.